The zero-order valence-corrected chi connectivity index (χ0v) is 10.2. The minimum Gasteiger partial charge on any atom is -0.480 e. The number of hydrogen-bond donors (Lipinski definition) is 1. The fourth-order valence-electron chi connectivity index (χ4n) is 2.43. The summed E-state index contributed by atoms with van der Waals surface area (Å²) < 4.78 is 0. The molecule has 1 aliphatic heterocycles. The minimum absolute atomic E-state index is 0.385. The number of likely N-dealkylation sites (tertiary alicyclic amines) is 1. The smallest absolute Gasteiger partial charge is 0.320 e. The van der Waals surface area contributed by atoms with Crippen LogP contribution in [0.2, 0.25) is 0 Å². The number of carboxylic acids is 1. The average Bonchev–Trinajstić information content (AvgIpc) is 2.39. The molecule has 1 atom stereocenters. The van der Waals surface area contributed by atoms with Crippen LogP contribution in [0.3, 0.4) is 0 Å². The Labute approximate surface area is 106 Å². The second-order valence-electron chi connectivity index (χ2n) is 4.63. The summed E-state index contributed by atoms with van der Waals surface area (Å²) in [6, 6.07) is 9.08. The van der Waals surface area contributed by atoms with Crippen molar-refractivity contribution >= 4 is 5.97 Å². The van der Waals surface area contributed by atoms with E-state index in [0.717, 1.165) is 24.9 Å². The number of rotatable bonds is 3. The van der Waals surface area contributed by atoms with Crippen molar-refractivity contribution in [2.24, 2.45) is 0 Å². The lowest BCUT2D eigenvalue weighted by Gasteiger charge is -2.32. The molecule has 2 rings (SSSR count). The van der Waals surface area contributed by atoms with Gasteiger partial charge in [0, 0.05) is 6.54 Å². The molecule has 1 aromatic rings. The Morgan fingerprint density at radius 2 is 2.33 bits per heavy atom. The van der Waals surface area contributed by atoms with Gasteiger partial charge in [0.15, 0.2) is 0 Å². The topological polar surface area (TPSA) is 64.3 Å². The average molecular weight is 244 g/mol. The molecule has 1 N–H and O–H groups in total. The van der Waals surface area contributed by atoms with Gasteiger partial charge < -0.3 is 5.11 Å². The molecule has 0 saturated carbocycles. The van der Waals surface area contributed by atoms with Gasteiger partial charge in [-0.25, -0.2) is 0 Å². The van der Waals surface area contributed by atoms with Gasteiger partial charge in [0.25, 0.3) is 0 Å². The highest BCUT2D eigenvalue weighted by molar-refractivity contribution is 5.73. The first-order valence-electron chi connectivity index (χ1n) is 6.16. The maximum absolute atomic E-state index is 11.2. The number of nitriles is 1. The summed E-state index contributed by atoms with van der Waals surface area (Å²) in [5.41, 5.74) is 1.62. The lowest BCUT2D eigenvalue weighted by molar-refractivity contribution is -0.144. The van der Waals surface area contributed by atoms with E-state index in [4.69, 9.17) is 5.26 Å². The fourth-order valence-corrected chi connectivity index (χ4v) is 2.43. The number of carbonyl (C=O) groups is 1. The Kier molecular flexibility index (Phi) is 3.96. The number of piperidine rings is 1. The molecular weight excluding hydrogens is 228 g/mol. The highest BCUT2D eigenvalue weighted by Gasteiger charge is 2.28. The summed E-state index contributed by atoms with van der Waals surface area (Å²) in [4.78, 5) is 13.2. The van der Waals surface area contributed by atoms with Crippen molar-refractivity contribution in [3.8, 4) is 6.07 Å². The number of nitrogens with zero attached hydrogens (tertiary/aromatic N) is 2. The van der Waals surface area contributed by atoms with Gasteiger partial charge in [-0.1, -0.05) is 18.6 Å². The lowest BCUT2D eigenvalue weighted by Crippen LogP contribution is -2.43. The summed E-state index contributed by atoms with van der Waals surface area (Å²) in [6.45, 7) is 1.42. The van der Waals surface area contributed by atoms with Crippen LogP contribution in [0.1, 0.15) is 30.4 Å². The molecule has 1 saturated heterocycles. The van der Waals surface area contributed by atoms with E-state index >= 15 is 0 Å². The van der Waals surface area contributed by atoms with E-state index in [-0.39, 0.29) is 6.04 Å². The molecule has 1 fully saturated rings. The van der Waals surface area contributed by atoms with E-state index in [0.29, 0.717) is 18.5 Å². The van der Waals surface area contributed by atoms with Crippen molar-refractivity contribution in [3.05, 3.63) is 35.4 Å². The van der Waals surface area contributed by atoms with Crippen molar-refractivity contribution in [3.63, 3.8) is 0 Å². The Balaban J connectivity index is 2.11. The zero-order valence-electron chi connectivity index (χ0n) is 10.2. The number of hydrogen-bond acceptors (Lipinski definition) is 3. The molecule has 4 heteroatoms. The van der Waals surface area contributed by atoms with Crippen LogP contribution in [-0.2, 0) is 11.3 Å². The van der Waals surface area contributed by atoms with Crippen LogP contribution in [0.5, 0.6) is 0 Å². The van der Waals surface area contributed by atoms with Crippen LogP contribution in [0.4, 0.5) is 0 Å². The van der Waals surface area contributed by atoms with E-state index in [9.17, 15) is 9.90 Å². The molecular formula is C14H16N2O2. The van der Waals surface area contributed by atoms with E-state index in [2.05, 4.69) is 6.07 Å². The van der Waals surface area contributed by atoms with E-state index < -0.39 is 5.97 Å². The monoisotopic (exact) mass is 244 g/mol. The molecule has 1 aliphatic rings. The van der Waals surface area contributed by atoms with Crippen molar-refractivity contribution < 1.29 is 9.90 Å². The van der Waals surface area contributed by atoms with Gasteiger partial charge in [-0.15, -0.1) is 0 Å². The van der Waals surface area contributed by atoms with Crippen molar-refractivity contribution in [1.29, 1.82) is 5.26 Å². The van der Waals surface area contributed by atoms with E-state index in [1.807, 2.05) is 23.1 Å². The zero-order chi connectivity index (χ0) is 13.0. The molecule has 0 bridgehead atoms. The minimum atomic E-state index is -0.744. The number of aliphatic carboxylic acids is 1. The van der Waals surface area contributed by atoms with E-state index in [1.54, 1.807) is 6.07 Å². The predicted octanol–water partition coefficient (Wildman–Crippen LogP) is 2.00. The molecule has 1 heterocycles. The first-order chi connectivity index (χ1) is 8.70. The van der Waals surface area contributed by atoms with E-state index in [1.165, 1.54) is 0 Å². The maximum Gasteiger partial charge on any atom is 0.320 e. The molecule has 0 spiro atoms. The molecule has 0 aromatic heterocycles. The molecule has 94 valence electrons. The lowest BCUT2D eigenvalue weighted by atomic mass is 10.0. The van der Waals surface area contributed by atoms with Gasteiger partial charge in [0.2, 0.25) is 0 Å². The molecule has 0 aliphatic carbocycles. The summed E-state index contributed by atoms with van der Waals surface area (Å²) in [6.07, 6.45) is 2.74. The summed E-state index contributed by atoms with van der Waals surface area (Å²) >= 11 is 0. The van der Waals surface area contributed by atoms with Gasteiger partial charge in [-0.05, 0) is 37.1 Å². The predicted molar refractivity (Wildman–Crippen MR) is 66.8 cm³/mol. The third kappa shape index (κ3) is 2.88. The molecule has 1 aromatic carbocycles. The van der Waals surface area contributed by atoms with Gasteiger partial charge in [0.1, 0.15) is 6.04 Å². The van der Waals surface area contributed by atoms with Crippen LogP contribution in [0.25, 0.3) is 0 Å². The third-order valence-corrected chi connectivity index (χ3v) is 3.34. The third-order valence-electron chi connectivity index (χ3n) is 3.34. The van der Waals surface area contributed by atoms with Crippen LogP contribution < -0.4 is 0 Å². The van der Waals surface area contributed by atoms with Crippen LogP contribution in [0, 0.1) is 11.3 Å². The quantitative estimate of drug-likeness (QED) is 0.883. The summed E-state index contributed by atoms with van der Waals surface area (Å²) in [5.74, 6) is -0.744. The largest absolute Gasteiger partial charge is 0.480 e. The van der Waals surface area contributed by atoms with Crippen molar-refractivity contribution in [2.75, 3.05) is 6.54 Å². The standard InChI is InChI=1S/C14H16N2O2/c15-9-11-4-3-5-12(8-11)10-16-7-2-1-6-13(16)14(17)18/h3-5,8,13H,1-2,6-7,10H2,(H,17,18). The number of carboxylic acid groups (broad SMARTS) is 1. The normalized spacial score (nSPS) is 20.3. The van der Waals surface area contributed by atoms with Crippen LogP contribution >= 0.6 is 0 Å². The van der Waals surface area contributed by atoms with Crippen molar-refractivity contribution in [2.45, 2.75) is 31.8 Å². The Morgan fingerprint density at radius 3 is 3.06 bits per heavy atom. The maximum atomic E-state index is 11.2. The Bertz CT molecular complexity index is 479. The molecule has 0 radical (unpaired) electrons. The summed E-state index contributed by atoms with van der Waals surface area (Å²) in [7, 11) is 0. The molecule has 4 nitrogen and oxygen atoms in total. The SMILES string of the molecule is N#Cc1cccc(CN2CCCCC2C(=O)O)c1. The van der Waals surface area contributed by atoms with Gasteiger partial charge >= 0.3 is 5.97 Å². The second-order valence-corrected chi connectivity index (χ2v) is 4.63. The second kappa shape index (κ2) is 5.65. The van der Waals surface area contributed by atoms with Gasteiger partial charge in [0.05, 0.1) is 11.6 Å². The Hall–Kier alpha value is -1.86. The molecule has 18 heavy (non-hydrogen) atoms. The highest BCUT2D eigenvalue weighted by atomic mass is 16.4. The van der Waals surface area contributed by atoms with Crippen LogP contribution in [0.15, 0.2) is 24.3 Å². The molecule has 1 unspecified atom stereocenters. The fraction of sp³-hybridized carbons (Fsp3) is 0.429. The van der Waals surface area contributed by atoms with Crippen molar-refractivity contribution in [1.82, 2.24) is 4.90 Å². The van der Waals surface area contributed by atoms with Gasteiger partial charge in [-0.2, -0.15) is 5.26 Å². The first-order valence-corrected chi connectivity index (χ1v) is 6.16. The highest BCUT2D eigenvalue weighted by Crippen LogP contribution is 2.20. The number of benzene rings is 1. The van der Waals surface area contributed by atoms with Gasteiger partial charge in [-0.3, -0.25) is 9.69 Å². The van der Waals surface area contributed by atoms with Crippen LogP contribution in [-0.4, -0.2) is 28.6 Å². The summed E-state index contributed by atoms with van der Waals surface area (Å²) in [5, 5.41) is 18.0. The molecule has 0 amide bonds. The first kappa shape index (κ1) is 12.6. The Morgan fingerprint density at radius 1 is 1.50 bits per heavy atom.